The molecule has 0 aliphatic heterocycles. The Morgan fingerprint density at radius 1 is 0.536 bits per heavy atom. The third-order valence-corrected chi connectivity index (χ3v) is 5.60. The standard InChI is InChI=1S/C25H50O3/c1-2-3-4-5-6-7-8-9-10-11-12-13-14-15-16-17-18-19-20-21-23-28-24-22-25(26)27/h2-24H2,1H3,(H,26,27). The Morgan fingerprint density at radius 2 is 0.857 bits per heavy atom. The van der Waals surface area contributed by atoms with Gasteiger partial charge in [-0.05, 0) is 6.42 Å². The van der Waals surface area contributed by atoms with Gasteiger partial charge in [-0.3, -0.25) is 4.79 Å². The molecule has 168 valence electrons. The number of carboxylic acids is 1. The number of hydrogen-bond donors (Lipinski definition) is 1. The van der Waals surface area contributed by atoms with Gasteiger partial charge in [0.25, 0.3) is 0 Å². The maximum absolute atomic E-state index is 10.3. The normalized spacial score (nSPS) is 11.2. The van der Waals surface area contributed by atoms with Gasteiger partial charge in [0.15, 0.2) is 0 Å². The van der Waals surface area contributed by atoms with Gasteiger partial charge in [0, 0.05) is 6.61 Å². The van der Waals surface area contributed by atoms with Gasteiger partial charge in [-0.2, -0.15) is 0 Å². The van der Waals surface area contributed by atoms with Crippen molar-refractivity contribution in [3.8, 4) is 0 Å². The van der Waals surface area contributed by atoms with Crippen molar-refractivity contribution in [1.82, 2.24) is 0 Å². The highest BCUT2D eigenvalue weighted by atomic mass is 16.5. The summed E-state index contributed by atoms with van der Waals surface area (Å²) >= 11 is 0. The Labute approximate surface area is 176 Å². The quantitative estimate of drug-likeness (QED) is 0.166. The van der Waals surface area contributed by atoms with E-state index >= 15 is 0 Å². The summed E-state index contributed by atoms with van der Waals surface area (Å²) < 4.78 is 5.30. The molecule has 0 unspecified atom stereocenters. The Balaban J connectivity index is 2.99. The molecule has 0 saturated heterocycles. The summed E-state index contributed by atoms with van der Waals surface area (Å²) in [5.41, 5.74) is 0. The van der Waals surface area contributed by atoms with Crippen molar-refractivity contribution in [3.63, 3.8) is 0 Å². The van der Waals surface area contributed by atoms with Gasteiger partial charge in [-0.1, -0.05) is 129 Å². The number of rotatable bonds is 24. The molecule has 0 atom stereocenters. The summed E-state index contributed by atoms with van der Waals surface area (Å²) in [4.78, 5) is 10.3. The van der Waals surface area contributed by atoms with Crippen LogP contribution in [0.5, 0.6) is 0 Å². The fourth-order valence-corrected chi connectivity index (χ4v) is 3.72. The first kappa shape index (κ1) is 27.4. The van der Waals surface area contributed by atoms with Crippen LogP contribution in [0.25, 0.3) is 0 Å². The highest BCUT2D eigenvalue weighted by molar-refractivity contribution is 5.66. The Hall–Kier alpha value is -0.570. The number of hydrogen-bond acceptors (Lipinski definition) is 2. The van der Waals surface area contributed by atoms with Gasteiger partial charge in [0.1, 0.15) is 0 Å². The molecule has 0 spiro atoms. The molecule has 0 rings (SSSR count). The average Bonchev–Trinajstić information content (AvgIpc) is 2.68. The average molecular weight is 399 g/mol. The van der Waals surface area contributed by atoms with Gasteiger partial charge in [0.05, 0.1) is 13.0 Å². The summed E-state index contributed by atoms with van der Waals surface area (Å²) in [6, 6.07) is 0. The molecule has 0 aliphatic rings. The molecule has 0 aliphatic carbocycles. The molecule has 1 N–H and O–H groups in total. The minimum Gasteiger partial charge on any atom is -0.481 e. The molecule has 0 aromatic carbocycles. The van der Waals surface area contributed by atoms with E-state index in [0.717, 1.165) is 6.42 Å². The SMILES string of the molecule is CCCCCCCCCCCCCCCCCCCCCCOCCC(=O)O. The van der Waals surface area contributed by atoms with E-state index in [4.69, 9.17) is 9.84 Å². The molecular weight excluding hydrogens is 348 g/mol. The number of unbranched alkanes of at least 4 members (excludes halogenated alkanes) is 19. The molecule has 28 heavy (non-hydrogen) atoms. The van der Waals surface area contributed by atoms with Crippen LogP contribution in [0.1, 0.15) is 142 Å². The van der Waals surface area contributed by atoms with Crippen LogP contribution in [0.2, 0.25) is 0 Å². The first-order chi connectivity index (χ1) is 13.8. The molecule has 0 heterocycles. The zero-order valence-electron chi connectivity index (χ0n) is 19.0. The van der Waals surface area contributed by atoms with E-state index in [1.54, 1.807) is 0 Å². The van der Waals surface area contributed by atoms with Crippen molar-refractivity contribution < 1.29 is 14.6 Å². The fourth-order valence-electron chi connectivity index (χ4n) is 3.72. The first-order valence-electron chi connectivity index (χ1n) is 12.6. The summed E-state index contributed by atoms with van der Waals surface area (Å²) in [6.07, 6.45) is 27.9. The zero-order chi connectivity index (χ0) is 20.5. The van der Waals surface area contributed by atoms with Crippen molar-refractivity contribution in [2.75, 3.05) is 13.2 Å². The largest absolute Gasteiger partial charge is 0.481 e. The second-order valence-electron chi connectivity index (χ2n) is 8.47. The van der Waals surface area contributed by atoms with Crippen LogP contribution in [0.15, 0.2) is 0 Å². The van der Waals surface area contributed by atoms with E-state index in [1.807, 2.05) is 0 Å². The monoisotopic (exact) mass is 398 g/mol. The maximum atomic E-state index is 10.3. The first-order valence-corrected chi connectivity index (χ1v) is 12.6. The summed E-state index contributed by atoms with van der Waals surface area (Å²) in [5.74, 6) is -0.775. The molecule has 0 fully saturated rings. The topological polar surface area (TPSA) is 46.5 Å². The Kier molecular flexibility index (Phi) is 24.0. The maximum Gasteiger partial charge on any atom is 0.305 e. The minimum atomic E-state index is -0.775. The highest BCUT2D eigenvalue weighted by Gasteiger charge is 1.97. The van der Waals surface area contributed by atoms with Crippen molar-refractivity contribution in [2.24, 2.45) is 0 Å². The molecule has 3 heteroatoms. The lowest BCUT2D eigenvalue weighted by atomic mass is 10.0. The third-order valence-electron chi connectivity index (χ3n) is 5.60. The lowest BCUT2D eigenvalue weighted by Gasteiger charge is -2.04. The van der Waals surface area contributed by atoms with Crippen LogP contribution in [-0.2, 0) is 9.53 Å². The summed E-state index contributed by atoms with van der Waals surface area (Å²) in [7, 11) is 0. The summed E-state index contributed by atoms with van der Waals surface area (Å²) in [5, 5.41) is 8.51. The highest BCUT2D eigenvalue weighted by Crippen LogP contribution is 2.14. The number of aliphatic carboxylic acids is 1. The third kappa shape index (κ3) is 25.4. The van der Waals surface area contributed by atoms with Gasteiger partial charge in [-0.15, -0.1) is 0 Å². The molecule has 0 aromatic heterocycles. The molecule has 0 bridgehead atoms. The molecule has 0 aromatic rings. The predicted octanol–water partition coefficient (Wildman–Crippen LogP) is 8.30. The molecule has 0 saturated carbocycles. The van der Waals surface area contributed by atoms with Crippen LogP contribution in [-0.4, -0.2) is 24.3 Å². The number of ether oxygens (including phenoxy) is 1. The van der Waals surface area contributed by atoms with E-state index in [9.17, 15) is 4.79 Å². The van der Waals surface area contributed by atoms with E-state index in [-0.39, 0.29) is 6.42 Å². The lowest BCUT2D eigenvalue weighted by Crippen LogP contribution is -2.03. The van der Waals surface area contributed by atoms with Crippen molar-refractivity contribution in [1.29, 1.82) is 0 Å². The van der Waals surface area contributed by atoms with E-state index in [0.29, 0.717) is 13.2 Å². The van der Waals surface area contributed by atoms with Gasteiger partial charge >= 0.3 is 5.97 Å². The van der Waals surface area contributed by atoms with Crippen molar-refractivity contribution in [2.45, 2.75) is 142 Å². The fraction of sp³-hybridized carbons (Fsp3) is 0.960. The molecule has 3 nitrogen and oxygen atoms in total. The second-order valence-corrected chi connectivity index (χ2v) is 8.47. The molecule has 0 amide bonds. The van der Waals surface area contributed by atoms with Crippen molar-refractivity contribution in [3.05, 3.63) is 0 Å². The zero-order valence-corrected chi connectivity index (χ0v) is 19.0. The van der Waals surface area contributed by atoms with Gasteiger partial charge in [-0.25, -0.2) is 0 Å². The smallest absolute Gasteiger partial charge is 0.305 e. The lowest BCUT2D eigenvalue weighted by molar-refractivity contribution is -0.138. The van der Waals surface area contributed by atoms with Crippen LogP contribution in [0, 0.1) is 0 Å². The number of carboxylic acid groups (broad SMARTS) is 1. The van der Waals surface area contributed by atoms with Crippen LogP contribution in [0.3, 0.4) is 0 Å². The Bertz CT molecular complexity index is 304. The molecular formula is C25H50O3. The number of carbonyl (C=O) groups is 1. The van der Waals surface area contributed by atoms with Crippen molar-refractivity contribution >= 4 is 5.97 Å². The van der Waals surface area contributed by atoms with Gasteiger partial charge in [0.2, 0.25) is 0 Å². The van der Waals surface area contributed by atoms with Crippen LogP contribution in [0.4, 0.5) is 0 Å². The van der Waals surface area contributed by atoms with Crippen LogP contribution >= 0.6 is 0 Å². The summed E-state index contributed by atoms with van der Waals surface area (Å²) in [6.45, 7) is 3.36. The minimum absolute atomic E-state index is 0.124. The van der Waals surface area contributed by atoms with E-state index < -0.39 is 5.97 Å². The second kappa shape index (κ2) is 24.5. The van der Waals surface area contributed by atoms with E-state index in [1.165, 1.54) is 122 Å². The van der Waals surface area contributed by atoms with Crippen LogP contribution < -0.4 is 0 Å². The van der Waals surface area contributed by atoms with Gasteiger partial charge < -0.3 is 9.84 Å². The van der Waals surface area contributed by atoms with E-state index in [2.05, 4.69) is 6.92 Å². The molecule has 0 radical (unpaired) electrons. The Morgan fingerprint density at radius 3 is 1.18 bits per heavy atom. The predicted molar refractivity (Wildman–Crippen MR) is 121 cm³/mol.